The second kappa shape index (κ2) is 9.13. The topological polar surface area (TPSA) is 80.8 Å². The van der Waals surface area contributed by atoms with Crippen molar-refractivity contribution in [1.82, 2.24) is 4.31 Å². The second-order valence-electron chi connectivity index (χ2n) is 7.82. The Hall–Kier alpha value is -2.94. The maximum Gasteiger partial charge on any atom is 0.243 e. The Bertz CT molecular complexity index is 1360. The number of sulfone groups is 1. The molecule has 0 spiro atoms. The van der Waals surface area contributed by atoms with Gasteiger partial charge in [-0.2, -0.15) is 4.31 Å². The Morgan fingerprint density at radius 2 is 1.45 bits per heavy atom. The van der Waals surface area contributed by atoms with Crippen molar-refractivity contribution in [2.24, 2.45) is 0 Å². The van der Waals surface area contributed by atoms with Crippen LogP contribution in [-0.2, 0) is 19.9 Å². The summed E-state index contributed by atoms with van der Waals surface area (Å²) in [6.07, 6.45) is 1.93. The number of sulfonamides is 1. The molecule has 3 aromatic carbocycles. The number of hydrogen-bond acceptors (Lipinski definition) is 5. The summed E-state index contributed by atoms with van der Waals surface area (Å²) >= 11 is 0. The predicted molar refractivity (Wildman–Crippen MR) is 127 cm³/mol. The van der Waals surface area contributed by atoms with Crippen molar-refractivity contribution < 1.29 is 21.6 Å². The molecule has 1 atom stereocenters. The molecule has 0 fully saturated rings. The summed E-state index contributed by atoms with van der Waals surface area (Å²) in [5.41, 5.74) is 1.49. The van der Waals surface area contributed by atoms with Gasteiger partial charge in [-0.05, 0) is 55.3 Å². The summed E-state index contributed by atoms with van der Waals surface area (Å²) in [4.78, 5) is 0.316. The highest BCUT2D eigenvalue weighted by molar-refractivity contribution is 7.95. The summed E-state index contributed by atoms with van der Waals surface area (Å²) in [6, 6.07) is 20.5. The van der Waals surface area contributed by atoms with Crippen molar-refractivity contribution in [3.63, 3.8) is 0 Å². The van der Waals surface area contributed by atoms with Crippen LogP contribution in [0.15, 0.2) is 99.6 Å². The molecule has 0 saturated heterocycles. The van der Waals surface area contributed by atoms with Crippen molar-refractivity contribution in [1.29, 1.82) is 0 Å². The van der Waals surface area contributed by atoms with E-state index in [0.29, 0.717) is 17.7 Å². The summed E-state index contributed by atoms with van der Waals surface area (Å²) in [5, 5.41) is 0. The van der Waals surface area contributed by atoms with Crippen LogP contribution in [0.2, 0.25) is 0 Å². The fraction of sp³-hybridized carbons (Fsp3) is 0.200. The largest absolute Gasteiger partial charge is 0.497 e. The first-order valence-electron chi connectivity index (χ1n) is 10.5. The zero-order valence-electron chi connectivity index (χ0n) is 18.4. The van der Waals surface area contributed by atoms with Crippen LogP contribution >= 0.6 is 0 Å². The van der Waals surface area contributed by atoms with Crippen LogP contribution in [0.25, 0.3) is 0 Å². The van der Waals surface area contributed by atoms with Crippen LogP contribution < -0.4 is 4.74 Å². The third kappa shape index (κ3) is 4.46. The molecule has 172 valence electrons. The van der Waals surface area contributed by atoms with Gasteiger partial charge in [-0.1, -0.05) is 54.1 Å². The lowest BCUT2D eigenvalue weighted by Crippen LogP contribution is -2.40. The van der Waals surface area contributed by atoms with Crippen molar-refractivity contribution >= 4 is 19.9 Å². The van der Waals surface area contributed by atoms with Gasteiger partial charge in [-0.25, -0.2) is 16.8 Å². The van der Waals surface area contributed by atoms with E-state index in [0.717, 1.165) is 5.56 Å². The average molecular weight is 484 g/mol. The normalized spacial score (nSPS) is 17.4. The first kappa shape index (κ1) is 23.2. The van der Waals surface area contributed by atoms with E-state index in [1.54, 1.807) is 72.8 Å². The third-order valence-electron chi connectivity index (χ3n) is 5.68. The summed E-state index contributed by atoms with van der Waals surface area (Å²) in [5.74, 6) is 0.596. The number of ether oxygens (including phenoxy) is 1. The van der Waals surface area contributed by atoms with Gasteiger partial charge >= 0.3 is 0 Å². The minimum atomic E-state index is -3.96. The van der Waals surface area contributed by atoms with Gasteiger partial charge in [0.1, 0.15) is 5.75 Å². The predicted octanol–water partition coefficient (Wildman–Crippen LogP) is 4.50. The van der Waals surface area contributed by atoms with Gasteiger partial charge in [-0.15, -0.1) is 0 Å². The SMILES string of the molecule is COc1ccc(C2C(S(=O)(=O)c3ccc(C)cc3)=CCCN2S(=O)(=O)c2ccccc2)cc1. The van der Waals surface area contributed by atoms with Crippen LogP contribution in [0.4, 0.5) is 0 Å². The molecule has 0 aliphatic carbocycles. The molecule has 0 radical (unpaired) electrons. The summed E-state index contributed by atoms with van der Waals surface area (Å²) < 4.78 is 61.2. The van der Waals surface area contributed by atoms with Gasteiger partial charge < -0.3 is 4.74 Å². The minimum absolute atomic E-state index is 0.0577. The highest BCUT2D eigenvalue weighted by Crippen LogP contribution is 2.41. The smallest absolute Gasteiger partial charge is 0.243 e. The quantitative estimate of drug-likeness (QED) is 0.516. The van der Waals surface area contributed by atoms with Crippen LogP contribution in [0.1, 0.15) is 23.6 Å². The first-order chi connectivity index (χ1) is 15.7. The van der Waals surface area contributed by atoms with E-state index in [9.17, 15) is 16.8 Å². The molecular weight excluding hydrogens is 458 g/mol. The van der Waals surface area contributed by atoms with Gasteiger partial charge in [0.15, 0.2) is 0 Å². The number of methoxy groups -OCH3 is 1. The number of rotatable bonds is 6. The van der Waals surface area contributed by atoms with Crippen LogP contribution in [0, 0.1) is 6.92 Å². The molecular formula is C25H25NO5S2. The third-order valence-corrected chi connectivity index (χ3v) is 9.46. The fourth-order valence-electron chi connectivity index (χ4n) is 3.93. The average Bonchev–Trinajstić information content (AvgIpc) is 2.84. The lowest BCUT2D eigenvalue weighted by atomic mass is 10.0. The molecule has 0 bridgehead atoms. The molecule has 3 aromatic rings. The van der Waals surface area contributed by atoms with Gasteiger partial charge in [-0.3, -0.25) is 0 Å². The molecule has 4 rings (SSSR count). The lowest BCUT2D eigenvalue weighted by Gasteiger charge is -2.35. The Balaban J connectivity index is 1.88. The van der Waals surface area contributed by atoms with Crippen LogP contribution in [-0.4, -0.2) is 34.8 Å². The summed E-state index contributed by atoms with van der Waals surface area (Å²) in [6.45, 7) is 2.05. The van der Waals surface area contributed by atoms with E-state index >= 15 is 0 Å². The van der Waals surface area contributed by atoms with E-state index in [-0.39, 0.29) is 21.2 Å². The first-order valence-corrected chi connectivity index (χ1v) is 13.4. The van der Waals surface area contributed by atoms with Crippen molar-refractivity contribution in [3.05, 3.63) is 101 Å². The van der Waals surface area contributed by atoms with Crippen molar-refractivity contribution in [2.75, 3.05) is 13.7 Å². The Morgan fingerprint density at radius 3 is 2.06 bits per heavy atom. The van der Waals surface area contributed by atoms with E-state index in [4.69, 9.17) is 4.74 Å². The second-order valence-corrected chi connectivity index (χ2v) is 11.7. The zero-order chi connectivity index (χ0) is 23.6. The van der Waals surface area contributed by atoms with Gasteiger partial charge in [0.2, 0.25) is 19.9 Å². The summed E-state index contributed by atoms with van der Waals surface area (Å²) in [7, 11) is -6.37. The molecule has 6 nitrogen and oxygen atoms in total. The maximum atomic E-state index is 13.7. The molecule has 1 aliphatic heterocycles. The number of hydrogen-bond donors (Lipinski definition) is 0. The standard InChI is InChI=1S/C25H25NO5S2/c1-19-10-16-22(17-11-19)32(27,28)24-9-6-18-26(33(29,30)23-7-4-3-5-8-23)25(24)20-12-14-21(31-2)15-13-20/h3-5,7-17,25H,6,18H2,1-2H3. The lowest BCUT2D eigenvalue weighted by molar-refractivity contribution is 0.353. The molecule has 8 heteroatoms. The van der Waals surface area contributed by atoms with Crippen LogP contribution in [0.3, 0.4) is 0 Å². The fourth-order valence-corrected chi connectivity index (χ4v) is 7.29. The molecule has 1 aliphatic rings. The van der Waals surface area contributed by atoms with Crippen LogP contribution in [0.5, 0.6) is 5.75 Å². The van der Waals surface area contributed by atoms with E-state index in [1.807, 2.05) is 6.92 Å². The van der Waals surface area contributed by atoms with E-state index in [2.05, 4.69) is 0 Å². The maximum absolute atomic E-state index is 13.7. The Kier molecular flexibility index (Phi) is 6.43. The molecule has 33 heavy (non-hydrogen) atoms. The molecule has 1 heterocycles. The van der Waals surface area contributed by atoms with Gasteiger partial charge in [0, 0.05) is 6.54 Å². The highest BCUT2D eigenvalue weighted by Gasteiger charge is 2.41. The monoisotopic (exact) mass is 483 g/mol. The highest BCUT2D eigenvalue weighted by atomic mass is 32.2. The number of benzene rings is 3. The molecule has 0 saturated carbocycles. The zero-order valence-corrected chi connectivity index (χ0v) is 20.0. The molecule has 0 N–H and O–H groups in total. The van der Waals surface area contributed by atoms with Crippen molar-refractivity contribution in [2.45, 2.75) is 29.2 Å². The molecule has 0 amide bonds. The molecule has 0 aromatic heterocycles. The minimum Gasteiger partial charge on any atom is -0.497 e. The Morgan fingerprint density at radius 1 is 0.818 bits per heavy atom. The Labute approximate surface area is 195 Å². The van der Waals surface area contributed by atoms with E-state index in [1.165, 1.54) is 23.5 Å². The van der Waals surface area contributed by atoms with Crippen molar-refractivity contribution in [3.8, 4) is 5.75 Å². The number of aryl methyl sites for hydroxylation is 1. The molecule has 1 unspecified atom stereocenters. The number of nitrogens with zero attached hydrogens (tertiary/aromatic N) is 1. The van der Waals surface area contributed by atoms with Gasteiger partial charge in [0.05, 0.1) is 27.8 Å². The van der Waals surface area contributed by atoms with Gasteiger partial charge in [0.25, 0.3) is 0 Å². The van der Waals surface area contributed by atoms with E-state index < -0.39 is 25.9 Å².